The molecule has 0 spiro atoms. The highest BCUT2D eigenvalue weighted by Crippen LogP contribution is 2.20. The fraction of sp³-hybridized carbons (Fsp3) is 0.0909. The minimum absolute atomic E-state index is 0.111. The van der Waals surface area contributed by atoms with Crippen molar-refractivity contribution >= 4 is 27.3 Å². The van der Waals surface area contributed by atoms with E-state index < -0.39 is 10.0 Å². The third-order valence-corrected chi connectivity index (χ3v) is 4.18. The van der Waals surface area contributed by atoms with Crippen molar-refractivity contribution in [1.82, 2.24) is 9.55 Å². The van der Waals surface area contributed by atoms with Crippen molar-refractivity contribution in [3.8, 4) is 0 Å². The van der Waals surface area contributed by atoms with Crippen LogP contribution in [0, 0.1) is 0 Å². The number of sulfonamides is 1. The van der Waals surface area contributed by atoms with E-state index in [0.29, 0.717) is 0 Å². The third kappa shape index (κ3) is 2.94. The van der Waals surface area contributed by atoms with Gasteiger partial charge in [0.25, 0.3) is 10.0 Å². The average Bonchev–Trinajstić information content (AvgIpc) is 2.34. The van der Waals surface area contributed by atoms with Crippen LogP contribution in [-0.4, -0.2) is 18.0 Å². The van der Waals surface area contributed by atoms with Crippen molar-refractivity contribution in [3.63, 3.8) is 0 Å². The summed E-state index contributed by atoms with van der Waals surface area (Å²) in [5.74, 6) is 0. The Labute approximate surface area is 114 Å². The molecule has 0 aromatic carbocycles. The lowest BCUT2D eigenvalue weighted by Crippen LogP contribution is -2.18. The molecule has 0 amide bonds. The molecule has 2 heterocycles. The maximum absolute atomic E-state index is 12.1. The summed E-state index contributed by atoms with van der Waals surface area (Å²) >= 11 is 5.75. The highest BCUT2D eigenvalue weighted by atomic mass is 35.5. The van der Waals surface area contributed by atoms with E-state index in [9.17, 15) is 13.2 Å². The van der Waals surface area contributed by atoms with Crippen molar-refractivity contribution in [3.05, 3.63) is 52.2 Å². The Morgan fingerprint density at radius 1 is 1.32 bits per heavy atom. The standard InChI is InChI=1S/C11H10ClN3O3S/c1-15-7-8(4-5-10(15)16)14-19(17,18)9-3-2-6-13-11(9)12/h2-7,14H,1H3. The lowest BCUT2D eigenvalue weighted by atomic mass is 10.4. The van der Waals surface area contributed by atoms with Crippen LogP contribution in [-0.2, 0) is 17.1 Å². The van der Waals surface area contributed by atoms with E-state index in [0.717, 1.165) is 0 Å². The van der Waals surface area contributed by atoms with Gasteiger partial charge in [-0.25, -0.2) is 13.4 Å². The van der Waals surface area contributed by atoms with Crippen LogP contribution in [0.3, 0.4) is 0 Å². The molecule has 0 saturated carbocycles. The first kappa shape index (κ1) is 13.6. The van der Waals surface area contributed by atoms with Gasteiger partial charge in [-0.3, -0.25) is 9.52 Å². The molecule has 8 heteroatoms. The summed E-state index contributed by atoms with van der Waals surface area (Å²) < 4.78 is 27.8. The van der Waals surface area contributed by atoms with Crippen LogP contribution in [0.25, 0.3) is 0 Å². The van der Waals surface area contributed by atoms with Gasteiger partial charge in [-0.2, -0.15) is 0 Å². The second-order valence-corrected chi connectivity index (χ2v) is 5.77. The molecule has 0 aliphatic rings. The number of nitrogens with zero attached hydrogens (tertiary/aromatic N) is 2. The predicted octanol–water partition coefficient (Wildman–Crippen LogP) is 1.23. The van der Waals surface area contributed by atoms with Gasteiger partial charge in [0.1, 0.15) is 10.0 Å². The fourth-order valence-corrected chi connectivity index (χ4v) is 2.93. The number of halogens is 1. The molecule has 0 aliphatic heterocycles. The van der Waals surface area contributed by atoms with Crippen LogP contribution in [0.15, 0.2) is 46.3 Å². The van der Waals surface area contributed by atoms with Crippen LogP contribution in [0.2, 0.25) is 5.15 Å². The maximum atomic E-state index is 12.1. The number of anilines is 1. The fourth-order valence-electron chi connectivity index (χ4n) is 1.44. The van der Waals surface area contributed by atoms with Crippen molar-refractivity contribution in [2.24, 2.45) is 7.05 Å². The molecule has 1 N–H and O–H groups in total. The highest BCUT2D eigenvalue weighted by molar-refractivity contribution is 7.92. The van der Waals surface area contributed by atoms with Crippen LogP contribution in [0.1, 0.15) is 0 Å². The van der Waals surface area contributed by atoms with E-state index in [1.54, 1.807) is 0 Å². The first-order valence-electron chi connectivity index (χ1n) is 5.20. The van der Waals surface area contributed by atoms with E-state index in [2.05, 4.69) is 9.71 Å². The summed E-state index contributed by atoms with van der Waals surface area (Å²) in [4.78, 5) is 14.8. The molecule has 0 unspecified atom stereocenters. The number of hydrogen-bond donors (Lipinski definition) is 1. The number of nitrogens with one attached hydrogen (secondary N) is 1. The lowest BCUT2D eigenvalue weighted by molar-refractivity contribution is 0.601. The average molecular weight is 300 g/mol. The topological polar surface area (TPSA) is 81.1 Å². The molecule has 2 rings (SSSR count). The summed E-state index contributed by atoms with van der Waals surface area (Å²) in [6.07, 6.45) is 2.78. The van der Waals surface area contributed by atoms with Gasteiger partial charge >= 0.3 is 0 Å². The molecule has 0 bridgehead atoms. The maximum Gasteiger partial charge on any atom is 0.265 e. The SMILES string of the molecule is Cn1cc(NS(=O)(=O)c2cccnc2Cl)ccc1=O. The largest absolute Gasteiger partial charge is 0.316 e. The molecule has 0 saturated heterocycles. The minimum atomic E-state index is -3.83. The summed E-state index contributed by atoms with van der Waals surface area (Å²) in [6.45, 7) is 0. The number of aromatic nitrogens is 2. The van der Waals surface area contributed by atoms with Crippen LogP contribution >= 0.6 is 11.6 Å². The zero-order valence-electron chi connectivity index (χ0n) is 9.87. The molecule has 6 nitrogen and oxygen atoms in total. The summed E-state index contributed by atoms with van der Waals surface area (Å²) in [6, 6.07) is 5.47. The van der Waals surface area contributed by atoms with Gasteiger partial charge in [0.15, 0.2) is 0 Å². The number of rotatable bonds is 3. The van der Waals surface area contributed by atoms with Crippen molar-refractivity contribution in [1.29, 1.82) is 0 Å². The van der Waals surface area contributed by atoms with Gasteiger partial charge in [-0.15, -0.1) is 0 Å². The second kappa shape index (κ2) is 5.02. The van der Waals surface area contributed by atoms with Gasteiger partial charge < -0.3 is 4.57 Å². The Kier molecular flexibility index (Phi) is 3.59. The summed E-state index contributed by atoms with van der Waals surface area (Å²) in [7, 11) is -2.31. The van der Waals surface area contributed by atoms with Crippen LogP contribution in [0.5, 0.6) is 0 Å². The zero-order chi connectivity index (χ0) is 14.0. The monoisotopic (exact) mass is 299 g/mol. The predicted molar refractivity (Wildman–Crippen MR) is 71.7 cm³/mol. The highest BCUT2D eigenvalue weighted by Gasteiger charge is 2.18. The number of hydrogen-bond acceptors (Lipinski definition) is 4. The van der Waals surface area contributed by atoms with Gasteiger partial charge in [-0.05, 0) is 18.2 Å². The summed E-state index contributed by atoms with van der Waals surface area (Å²) in [5, 5.41) is -0.111. The Bertz CT molecular complexity index is 771. The molecule has 2 aromatic heterocycles. The van der Waals surface area contributed by atoms with E-state index >= 15 is 0 Å². The van der Waals surface area contributed by atoms with E-state index in [-0.39, 0.29) is 21.3 Å². The lowest BCUT2D eigenvalue weighted by Gasteiger charge is -2.09. The Balaban J connectivity index is 2.39. The molecular weight excluding hydrogens is 290 g/mol. The molecule has 0 fully saturated rings. The van der Waals surface area contributed by atoms with Crippen LogP contribution < -0.4 is 10.3 Å². The van der Waals surface area contributed by atoms with Crippen molar-refractivity contribution in [2.75, 3.05) is 4.72 Å². The van der Waals surface area contributed by atoms with Gasteiger partial charge in [0, 0.05) is 25.5 Å². The first-order chi connectivity index (χ1) is 8.90. The Hall–Kier alpha value is -1.86. The van der Waals surface area contributed by atoms with Gasteiger partial charge in [0.05, 0.1) is 5.69 Å². The minimum Gasteiger partial charge on any atom is -0.316 e. The van der Waals surface area contributed by atoms with Crippen molar-refractivity contribution < 1.29 is 8.42 Å². The molecule has 0 aliphatic carbocycles. The van der Waals surface area contributed by atoms with Crippen molar-refractivity contribution in [2.45, 2.75) is 4.90 Å². The van der Waals surface area contributed by atoms with E-state index in [1.165, 1.54) is 48.3 Å². The van der Waals surface area contributed by atoms with E-state index in [4.69, 9.17) is 11.6 Å². The smallest absolute Gasteiger partial charge is 0.265 e. The Morgan fingerprint density at radius 3 is 2.68 bits per heavy atom. The summed E-state index contributed by atoms with van der Waals surface area (Å²) in [5.41, 5.74) is 0.0318. The molecular formula is C11H10ClN3O3S. The third-order valence-electron chi connectivity index (χ3n) is 2.35. The van der Waals surface area contributed by atoms with Gasteiger partial charge in [0.2, 0.25) is 5.56 Å². The Morgan fingerprint density at radius 2 is 2.05 bits per heavy atom. The first-order valence-corrected chi connectivity index (χ1v) is 7.06. The molecule has 0 radical (unpaired) electrons. The number of aryl methyl sites for hydroxylation is 1. The molecule has 0 atom stereocenters. The quantitative estimate of drug-likeness (QED) is 0.865. The normalized spacial score (nSPS) is 11.3. The zero-order valence-corrected chi connectivity index (χ0v) is 11.4. The molecule has 19 heavy (non-hydrogen) atoms. The second-order valence-electron chi connectivity index (χ2n) is 3.76. The molecule has 2 aromatic rings. The van der Waals surface area contributed by atoms with Crippen LogP contribution in [0.4, 0.5) is 5.69 Å². The van der Waals surface area contributed by atoms with Gasteiger partial charge in [-0.1, -0.05) is 11.6 Å². The number of pyridine rings is 2. The van der Waals surface area contributed by atoms with E-state index in [1.807, 2.05) is 0 Å². The molecule has 100 valence electrons.